The molecule has 1 fully saturated rings. The lowest BCUT2D eigenvalue weighted by atomic mass is 9.93. The van der Waals surface area contributed by atoms with E-state index in [1.807, 2.05) is 50.2 Å². The number of aromatic nitrogens is 2. The van der Waals surface area contributed by atoms with Gasteiger partial charge in [-0.25, -0.2) is 9.97 Å². The van der Waals surface area contributed by atoms with E-state index in [-0.39, 0.29) is 12.5 Å². The zero-order valence-electron chi connectivity index (χ0n) is 18.8. The van der Waals surface area contributed by atoms with Crippen LogP contribution in [-0.4, -0.2) is 34.7 Å². The third-order valence-corrected chi connectivity index (χ3v) is 5.83. The zero-order chi connectivity index (χ0) is 23.4. The summed E-state index contributed by atoms with van der Waals surface area (Å²) in [7, 11) is 0. The molecule has 0 unspecified atom stereocenters. The Bertz CT molecular complexity index is 1190. The van der Waals surface area contributed by atoms with Gasteiger partial charge >= 0.3 is 0 Å². The number of ether oxygens (including phenoxy) is 1. The third-order valence-electron chi connectivity index (χ3n) is 5.83. The van der Waals surface area contributed by atoms with Crippen molar-refractivity contribution in [1.82, 2.24) is 15.3 Å². The summed E-state index contributed by atoms with van der Waals surface area (Å²) in [5.41, 5.74) is 10.4. The molecule has 4 rings (SSSR count). The van der Waals surface area contributed by atoms with Crippen LogP contribution < -0.4 is 21.1 Å². The molecule has 3 aromatic rings. The number of amides is 1. The molecular weight excluding hydrogens is 416 g/mol. The summed E-state index contributed by atoms with van der Waals surface area (Å²) in [6, 6.07) is 13.1. The average molecular weight is 445 g/mol. The summed E-state index contributed by atoms with van der Waals surface area (Å²) in [5.74, 6) is 1.70. The molecule has 0 atom stereocenters. The number of nitrogens with one attached hydrogen (secondary N) is 3. The maximum Gasteiger partial charge on any atom is 0.258 e. The molecule has 1 saturated carbocycles. The smallest absolute Gasteiger partial charge is 0.258 e. The van der Waals surface area contributed by atoms with Gasteiger partial charge in [0, 0.05) is 46.0 Å². The van der Waals surface area contributed by atoms with E-state index < -0.39 is 0 Å². The maximum atomic E-state index is 12.1. The molecule has 1 heterocycles. The van der Waals surface area contributed by atoms with Crippen LogP contribution in [0.15, 0.2) is 42.5 Å². The second kappa shape index (κ2) is 9.68. The highest BCUT2D eigenvalue weighted by Crippen LogP contribution is 2.27. The standard InChI is InChI=1S/C25H28N6O2/c1-15-16(2)28-25(31-24(15)30-20-9-10-22(27)18(11-20)13-26)17-5-3-8-21(12-17)33-14-23(32)29-19-6-4-7-19/h3,5,8-13,19,26H,4,6-7,14,27H2,1-2H3,(H,29,32)(H,28,30,31). The van der Waals surface area contributed by atoms with Crippen molar-refractivity contribution in [3.05, 3.63) is 59.3 Å². The molecule has 5 N–H and O–H groups in total. The van der Waals surface area contributed by atoms with Gasteiger partial charge in [0.2, 0.25) is 0 Å². The quantitative estimate of drug-likeness (QED) is 0.306. The Morgan fingerprint density at radius 2 is 2.03 bits per heavy atom. The molecule has 8 heteroatoms. The lowest BCUT2D eigenvalue weighted by Crippen LogP contribution is -2.41. The van der Waals surface area contributed by atoms with Crippen molar-refractivity contribution in [2.45, 2.75) is 39.2 Å². The van der Waals surface area contributed by atoms with Gasteiger partial charge in [0.05, 0.1) is 0 Å². The topological polar surface area (TPSA) is 126 Å². The number of nitrogen functional groups attached to an aromatic ring is 1. The predicted octanol–water partition coefficient (Wildman–Crippen LogP) is 4.13. The molecule has 1 aromatic heterocycles. The Labute approximate surface area is 193 Å². The first-order valence-corrected chi connectivity index (χ1v) is 11.0. The number of nitrogens with two attached hydrogens (primary N) is 1. The van der Waals surface area contributed by atoms with E-state index in [4.69, 9.17) is 20.9 Å². The largest absolute Gasteiger partial charge is 0.484 e. The molecular formula is C25H28N6O2. The molecule has 0 spiro atoms. The Morgan fingerprint density at radius 1 is 1.21 bits per heavy atom. The highest BCUT2D eigenvalue weighted by Gasteiger charge is 2.19. The Morgan fingerprint density at radius 3 is 2.76 bits per heavy atom. The number of hydrogen-bond donors (Lipinski definition) is 4. The Hall–Kier alpha value is -3.94. The Kier molecular flexibility index (Phi) is 6.53. The molecule has 0 bridgehead atoms. The molecule has 8 nitrogen and oxygen atoms in total. The van der Waals surface area contributed by atoms with E-state index in [2.05, 4.69) is 15.6 Å². The maximum absolute atomic E-state index is 12.1. The van der Waals surface area contributed by atoms with Crippen molar-refractivity contribution in [1.29, 1.82) is 5.41 Å². The average Bonchev–Trinajstić information content (AvgIpc) is 2.79. The molecule has 0 aliphatic heterocycles. The number of anilines is 3. The summed E-state index contributed by atoms with van der Waals surface area (Å²) in [4.78, 5) is 21.4. The van der Waals surface area contributed by atoms with Crippen LogP contribution in [0.5, 0.6) is 5.75 Å². The van der Waals surface area contributed by atoms with E-state index in [1.54, 1.807) is 6.07 Å². The normalized spacial score (nSPS) is 13.2. The second-order valence-electron chi connectivity index (χ2n) is 8.23. The van der Waals surface area contributed by atoms with Gasteiger partial charge in [-0.3, -0.25) is 4.79 Å². The van der Waals surface area contributed by atoms with E-state index in [0.29, 0.717) is 34.7 Å². The summed E-state index contributed by atoms with van der Waals surface area (Å²) in [5, 5.41) is 13.8. The van der Waals surface area contributed by atoms with E-state index in [9.17, 15) is 4.79 Å². The molecule has 1 aliphatic rings. The molecule has 1 aliphatic carbocycles. The SMILES string of the molecule is Cc1nc(-c2cccc(OCC(=O)NC3CCC3)c2)nc(Nc2ccc(N)c(C=N)c2)c1C. The van der Waals surface area contributed by atoms with E-state index >= 15 is 0 Å². The summed E-state index contributed by atoms with van der Waals surface area (Å²) >= 11 is 0. The van der Waals surface area contributed by atoms with Gasteiger partial charge in [0.1, 0.15) is 11.6 Å². The van der Waals surface area contributed by atoms with Crippen LogP contribution in [0.25, 0.3) is 11.4 Å². The fourth-order valence-corrected chi connectivity index (χ4v) is 3.49. The van der Waals surface area contributed by atoms with Crippen molar-refractivity contribution >= 4 is 29.3 Å². The van der Waals surface area contributed by atoms with E-state index in [0.717, 1.165) is 35.3 Å². The van der Waals surface area contributed by atoms with E-state index in [1.165, 1.54) is 12.6 Å². The highest BCUT2D eigenvalue weighted by molar-refractivity contribution is 5.87. The molecule has 1 amide bonds. The monoisotopic (exact) mass is 444 g/mol. The molecule has 170 valence electrons. The number of aryl methyl sites for hydroxylation is 1. The second-order valence-corrected chi connectivity index (χ2v) is 8.23. The fourth-order valence-electron chi connectivity index (χ4n) is 3.49. The van der Waals surface area contributed by atoms with Crippen LogP contribution in [0.4, 0.5) is 17.2 Å². The molecule has 0 radical (unpaired) electrons. The van der Waals surface area contributed by atoms with Gasteiger partial charge in [0.25, 0.3) is 5.91 Å². The minimum Gasteiger partial charge on any atom is -0.484 e. The first-order valence-electron chi connectivity index (χ1n) is 11.0. The number of rotatable bonds is 8. The number of benzene rings is 2. The van der Waals surface area contributed by atoms with Crippen LogP contribution in [0.3, 0.4) is 0 Å². The molecule has 33 heavy (non-hydrogen) atoms. The van der Waals surface area contributed by atoms with Crippen LogP contribution >= 0.6 is 0 Å². The summed E-state index contributed by atoms with van der Waals surface area (Å²) in [6.07, 6.45) is 4.48. The lowest BCUT2D eigenvalue weighted by Gasteiger charge is -2.26. The number of hydrogen-bond acceptors (Lipinski definition) is 7. The minimum atomic E-state index is -0.105. The molecule has 0 saturated heterocycles. The van der Waals surface area contributed by atoms with Crippen molar-refractivity contribution in [2.24, 2.45) is 0 Å². The van der Waals surface area contributed by atoms with Crippen LogP contribution in [0.1, 0.15) is 36.1 Å². The van der Waals surface area contributed by atoms with Crippen LogP contribution in [0, 0.1) is 19.3 Å². The number of nitrogens with zero attached hydrogens (tertiary/aromatic N) is 2. The van der Waals surface area contributed by atoms with Gasteiger partial charge in [-0.05, 0) is 63.4 Å². The van der Waals surface area contributed by atoms with Gasteiger partial charge in [0.15, 0.2) is 12.4 Å². The van der Waals surface area contributed by atoms with Crippen molar-refractivity contribution in [3.8, 4) is 17.1 Å². The Balaban J connectivity index is 1.53. The van der Waals surface area contributed by atoms with Crippen LogP contribution in [-0.2, 0) is 4.79 Å². The van der Waals surface area contributed by atoms with Gasteiger partial charge in [-0.2, -0.15) is 0 Å². The van der Waals surface area contributed by atoms with Gasteiger partial charge in [-0.1, -0.05) is 12.1 Å². The number of carbonyl (C=O) groups excluding carboxylic acids is 1. The summed E-state index contributed by atoms with van der Waals surface area (Å²) in [6.45, 7) is 3.87. The number of carbonyl (C=O) groups is 1. The zero-order valence-corrected chi connectivity index (χ0v) is 18.8. The van der Waals surface area contributed by atoms with Gasteiger partial charge in [-0.15, -0.1) is 0 Å². The lowest BCUT2D eigenvalue weighted by molar-refractivity contribution is -0.124. The van der Waals surface area contributed by atoms with Crippen LogP contribution in [0.2, 0.25) is 0 Å². The van der Waals surface area contributed by atoms with Crippen molar-refractivity contribution in [2.75, 3.05) is 17.7 Å². The predicted molar refractivity (Wildman–Crippen MR) is 130 cm³/mol. The minimum absolute atomic E-state index is 0.0208. The summed E-state index contributed by atoms with van der Waals surface area (Å²) < 4.78 is 5.70. The van der Waals surface area contributed by atoms with Crippen molar-refractivity contribution in [3.63, 3.8) is 0 Å². The first kappa shape index (κ1) is 22.3. The first-order chi connectivity index (χ1) is 15.9. The van der Waals surface area contributed by atoms with Gasteiger partial charge < -0.3 is 26.5 Å². The third kappa shape index (κ3) is 5.28. The fraction of sp³-hybridized carbons (Fsp3) is 0.280. The van der Waals surface area contributed by atoms with Crippen molar-refractivity contribution < 1.29 is 9.53 Å². The molecule has 2 aromatic carbocycles. The highest BCUT2D eigenvalue weighted by atomic mass is 16.5.